The highest BCUT2D eigenvalue weighted by Gasteiger charge is 2.06. The van der Waals surface area contributed by atoms with Crippen LogP contribution in [0.15, 0.2) is 46.9 Å². The van der Waals surface area contributed by atoms with Gasteiger partial charge >= 0.3 is 0 Å². The normalized spacial score (nSPS) is 10.1. The number of halogens is 1. The van der Waals surface area contributed by atoms with E-state index in [4.69, 9.17) is 4.74 Å². The first kappa shape index (κ1) is 14.3. The van der Waals surface area contributed by atoms with Gasteiger partial charge in [0.2, 0.25) is 0 Å². The largest absolute Gasteiger partial charge is 0.495 e. The zero-order valence-electron chi connectivity index (χ0n) is 10.8. The first-order valence-corrected chi connectivity index (χ1v) is 6.70. The second-order valence-corrected chi connectivity index (χ2v) is 5.04. The SMILES string of the molecule is COc1ccc(Br)cc1NCc1ccc([N+](=O)[O-])cc1. The maximum Gasteiger partial charge on any atom is 0.269 e. The minimum absolute atomic E-state index is 0.0915. The van der Waals surface area contributed by atoms with E-state index in [0.29, 0.717) is 6.54 Å². The molecular formula is C14H13BrN2O3. The Hall–Kier alpha value is -2.08. The first-order valence-electron chi connectivity index (χ1n) is 5.91. The van der Waals surface area contributed by atoms with Crippen molar-refractivity contribution in [2.45, 2.75) is 6.54 Å². The fraction of sp³-hybridized carbons (Fsp3) is 0.143. The number of methoxy groups -OCH3 is 1. The lowest BCUT2D eigenvalue weighted by Gasteiger charge is -2.11. The van der Waals surface area contributed by atoms with Gasteiger partial charge in [-0.25, -0.2) is 0 Å². The van der Waals surface area contributed by atoms with Crippen molar-refractivity contribution in [1.29, 1.82) is 0 Å². The molecule has 1 N–H and O–H groups in total. The van der Waals surface area contributed by atoms with Gasteiger partial charge in [0.25, 0.3) is 5.69 Å². The number of nitro benzene ring substituents is 1. The molecule has 0 aromatic heterocycles. The summed E-state index contributed by atoms with van der Waals surface area (Å²) in [5, 5.41) is 13.8. The van der Waals surface area contributed by atoms with E-state index < -0.39 is 4.92 Å². The molecule has 2 aromatic rings. The molecule has 5 nitrogen and oxygen atoms in total. The minimum atomic E-state index is -0.408. The highest BCUT2D eigenvalue weighted by molar-refractivity contribution is 9.10. The molecule has 0 saturated carbocycles. The molecular weight excluding hydrogens is 324 g/mol. The molecule has 0 unspecified atom stereocenters. The predicted octanol–water partition coefficient (Wildman–Crippen LogP) is 3.98. The topological polar surface area (TPSA) is 64.4 Å². The average Bonchev–Trinajstić information content (AvgIpc) is 2.45. The molecule has 0 aliphatic rings. The first-order chi connectivity index (χ1) is 9.60. The summed E-state index contributed by atoms with van der Waals surface area (Å²) in [5.74, 6) is 0.745. The van der Waals surface area contributed by atoms with Gasteiger partial charge in [0.1, 0.15) is 5.75 Å². The second kappa shape index (κ2) is 6.38. The number of nitrogens with one attached hydrogen (secondary N) is 1. The number of nitrogens with zero attached hydrogens (tertiary/aromatic N) is 1. The van der Waals surface area contributed by atoms with Crippen LogP contribution in [-0.2, 0) is 6.54 Å². The Morgan fingerprint density at radius 1 is 1.25 bits per heavy atom. The smallest absolute Gasteiger partial charge is 0.269 e. The Kier molecular flexibility index (Phi) is 4.57. The van der Waals surface area contributed by atoms with Crippen LogP contribution in [0.2, 0.25) is 0 Å². The zero-order chi connectivity index (χ0) is 14.5. The summed E-state index contributed by atoms with van der Waals surface area (Å²) in [6.45, 7) is 0.560. The molecule has 0 fully saturated rings. The maximum atomic E-state index is 10.6. The minimum Gasteiger partial charge on any atom is -0.495 e. The van der Waals surface area contributed by atoms with Crippen LogP contribution in [0.4, 0.5) is 11.4 Å². The monoisotopic (exact) mass is 336 g/mol. The molecule has 6 heteroatoms. The summed E-state index contributed by atoms with van der Waals surface area (Å²) >= 11 is 3.41. The van der Waals surface area contributed by atoms with Gasteiger partial charge < -0.3 is 10.1 Å². The van der Waals surface area contributed by atoms with Crippen LogP contribution in [0.3, 0.4) is 0 Å². The summed E-state index contributed by atoms with van der Waals surface area (Å²) in [5.41, 5.74) is 1.91. The lowest BCUT2D eigenvalue weighted by Crippen LogP contribution is -2.01. The molecule has 0 aliphatic carbocycles. The number of hydrogen-bond donors (Lipinski definition) is 1. The van der Waals surface area contributed by atoms with Crippen LogP contribution in [0, 0.1) is 10.1 Å². The molecule has 0 atom stereocenters. The molecule has 0 amide bonds. The van der Waals surface area contributed by atoms with Crippen molar-refractivity contribution in [3.8, 4) is 5.75 Å². The standard InChI is InChI=1S/C14H13BrN2O3/c1-20-14-7-4-11(15)8-13(14)16-9-10-2-5-12(6-3-10)17(18)19/h2-8,16H,9H2,1H3. The summed E-state index contributed by atoms with van der Waals surface area (Å²) < 4.78 is 6.22. The molecule has 0 saturated heterocycles. The van der Waals surface area contributed by atoms with Gasteiger partial charge in [-0.3, -0.25) is 10.1 Å². The molecule has 2 aromatic carbocycles. The van der Waals surface area contributed by atoms with Crippen LogP contribution in [0.5, 0.6) is 5.75 Å². The molecule has 0 aliphatic heterocycles. The van der Waals surface area contributed by atoms with Gasteiger partial charge in [-0.15, -0.1) is 0 Å². The van der Waals surface area contributed by atoms with Gasteiger partial charge in [-0.1, -0.05) is 28.1 Å². The second-order valence-electron chi connectivity index (χ2n) is 4.12. The number of rotatable bonds is 5. The number of anilines is 1. The summed E-state index contributed by atoms with van der Waals surface area (Å²) in [6.07, 6.45) is 0. The lowest BCUT2D eigenvalue weighted by molar-refractivity contribution is -0.384. The molecule has 104 valence electrons. The zero-order valence-corrected chi connectivity index (χ0v) is 12.4. The van der Waals surface area contributed by atoms with Crippen molar-refractivity contribution < 1.29 is 9.66 Å². The number of nitro groups is 1. The molecule has 0 heterocycles. The van der Waals surface area contributed by atoms with Crippen LogP contribution in [0.1, 0.15) is 5.56 Å². The van der Waals surface area contributed by atoms with Crippen LogP contribution < -0.4 is 10.1 Å². The van der Waals surface area contributed by atoms with Gasteiger partial charge in [0, 0.05) is 23.2 Å². The van der Waals surface area contributed by atoms with Gasteiger partial charge in [0.05, 0.1) is 17.7 Å². The maximum absolute atomic E-state index is 10.6. The summed E-state index contributed by atoms with van der Waals surface area (Å²) in [4.78, 5) is 10.2. The lowest BCUT2D eigenvalue weighted by atomic mass is 10.2. The van der Waals surface area contributed by atoms with E-state index in [0.717, 1.165) is 21.5 Å². The van der Waals surface area contributed by atoms with E-state index in [-0.39, 0.29) is 5.69 Å². The van der Waals surface area contributed by atoms with Crippen molar-refractivity contribution in [2.24, 2.45) is 0 Å². The van der Waals surface area contributed by atoms with Crippen molar-refractivity contribution in [2.75, 3.05) is 12.4 Å². The van der Waals surface area contributed by atoms with E-state index in [1.807, 2.05) is 18.2 Å². The number of non-ortho nitro benzene ring substituents is 1. The van der Waals surface area contributed by atoms with E-state index in [2.05, 4.69) is 21.2 Å². The highest BCUT2D eigenvalue weighted by Crippen LogP contribution is 2.28. The van der Waals surface area contributed by atoms with Crippen molar-refractivity contribution in [3.63, 3.8) is 0 Å². The van der Waals surface area contributed by atoms with E-state index in [9.17, 15) is 10.1 Å². The van der Waals surface area contributed by atoms with Gasteiger partial charge in [0.15, 0.2) is 0 Å². The van der Waals surface area contributed by atoms with Crippen LogP contribution in [0.25, 0.3) is 0 Å². The quantitative estimate of drug-likeness (QED) is 0.662. The van der Waals surface area contributed by atoms with Crippen LogP contribution >= 0.6 is 15.9 Å². The Bertz CT molecular complexity index is 614. The number of hydrogen-bond acceptors (Lipinski definition) is 4. The number of ether oxygens (including phenoxy) is 1. The van der Waals surface area contributed by atoms with Gasteiger partial charge in [-0.2, -0.15) is 0 Å². The van der Waals surface area contributed by atoms with Crippen molar-refractivity contribution in [1.82, 2.24) is 0 Å². The van der Waals surface area contributed by atoms with Crippen LogP contribution in [-0.4, -0.2) is 12.0 Å². The fourth-order valence-electron chi connectivity index (χ4n) is 1.75. The van der Waals surface area contributed by atoms with E-state index >= 15 is 0 Å². The highest BCUT2D eigenvalue weighted by atomic mass is 79.9. The van der Waals surface area contributed by atoms with Crippen molar-refractivity contribution >= 4 is 27.3 Å². The van der Waals surface area contributed by atoms with Gasteiger partial charge in [-0.05, 0) is 23.8 Å². The third-order valence-electron chi connectivity index (χ3n) is 2.79. The predicted molar refractivity (Wildman–Crippen MR) is 81.1 cm³/mol. The molecule has 0 radical (unpaired) electrons. The Balaban J connectivity index is 2.08. The molecule has 0 spiro atoms. The van der Waals surface area contributed by atoms with E-state index in [1.54, 1.807) is 19.2 Å². The third kappa shape index (κ3) is 3.48. The Morgan fingerprint density at radius 3 is 2.55 bits per heavy atom. The average molecular weight is 337 g/mol. The Labute approximate surface area is 124 Å². The fourth-order valence-corrected chi connectivity index (χ4v) is 2.11. The Morgan fingerprint density at radius 2 is 1.95 bits per heavy atom. The van der Waals surface area contributed by atoms with Crippen molar-refractivity contribution in [3.05, 3.63) is 62.6 Å². The molecule has 20 heavy (non-hydrogen) atoms. The molecule has 2 rings (SSSR count). The summed E-state index contributed by atoms with van der Waals surface area (Å²) in [6, 6.07) is 12.1. The molecule has 0 bridgehead atoms. The number of benzene rings is 2. The van der Waals surface area contributed by atoms with E-state index in [1.165, 1.54) is 12.1 Å². The summed E-state index contributed by atoms with van der Waals surface area (Å²) in [7, 11) is 1.61. The third-order valence-corrected chi connectivity index (χ3v) is 3.28.